The highest BCUT2D eigenvalue weighted by Crippen LogP contribution is 2.32. The van der Waals surface area contributed by atoms with Crippen molar-refractivity contribution in [1.82, 2.24) is 15.0 Å². The fourth-order valence-electron chi connectivity index (χ4n) is 1.57. The Kier molecular flexibility index (Phi) is 3.34. The van der Waals surface area contributed by atoms with Crippen molar-refractivity contribution in [2.24, 2.45) is 0 Å². The zero-order chi connectivity index (χ0) is 13.3. The van der Waals surface area contributed by atoms with Crippen LogP contribution in [0.4, 0.5) is 5.82 Å². The van der Waals surface area contributed by atoms with E-state index in [1.807, 2.05) is 18.2 Å². The van der Waals surface area contributed by atoms with Crippen LogP contribution >= 0.6 is 15.9 Å². The second-order valence-electron chi connectivity index (χ2n) is 5.06. The minimum atomic E-state index is -0.112. The Labute approximate surface area is 115 Å². The fourth-order valence-corrected chi connectivity index (χ4v) is 2.34. The van der Waals surface area contributed by atoms with E-state index in [-0.39, 0.29) is 5.41 Å². The van der Waals surface area contributed by atoms with Gasteiger partial charge >= 0.3 is 0 Å². The van der Waals surface area contributed by atoms with Crippen LogP contribution in [0.5, 0.6) is 0 Å². The third kappa shape index (κ3) is 2.51. The Morgan fingerprint density at radius 2 is 1.89 bits per heavy atom. The number of hydrogen-bond acceptors (Lipinski definition) is 4. The Balaban J connectivity index is 2.62. The fraction of sp³-hybridized carbons (Fsp3) is 0.308. The Morgan fingerprint density at radius 3 is 2.44 bits per heavy atom. The second kappa shape index (κ2) is 4.65. The van der Waals surface area contributed by atoms with E-state index in [0.29, 0.717) is 11.6 Å². The Hall–Kier alpha value is -1.49. The molecule has 0 atom stereocenters. The summed E-state index contributed by atoms with van der Waals surface area (Å²) in [5.41, 5.74) is 7.43. The van der Waals surface area contributed by atoms with Crippen molar-refractivity contribution in [3.05, 3.63) is 34.6 Å². The molecular weight excluding hydrogens is 292 g/mol. The summed E-state index contributed by atoms with van der Waals surface area (Å²) in [5.74, 6) is 0.997. The van der Waals surface area contributed by atoms with Crippen LogP contribution in [0.1, 0.15) is 26.5 Å². The molecule has 5 heteroatoms. The van der Waals surface area contributed by atoms with Gasteiger partial charge in [-0.3, -0.25) is 4.98 Å². The summed E-state index contributed by atoms with van der Waals surface area (Å²) in [6, 6.07) is 5.63. The normalized spacial score (nSPS) is 11.6. The van der Waals surface area contributed by atoms with Gasteiger partial charge < -0.3 is 5.73 Å². The number of halogens is 1. The Morgan fingerprint density at radius 1 is 1.17 bits per heavy atom. The van der Waals surface area contributed by atoms with Crippen LogP contribution in [0.2, 0.25) is 0 Å². The quantitative estimate of drug-likeness (QED) is 0.879. The van der Waals surface area contributed by atoms with E-state index in [1.165, 1.54) is 0 Å². The van der Waals surface area contributed by atoms with E-state index in [4.69, 9.17) is 5.73 Å². The molecular formula is C13H15BrN4. The zero-order valence-electron chi connectivity index (χ0n) is 10.6. The molecule has 0 aliphatic rings. The molecule has 0 aliphatic heterocycles. The van der Waals surface area contributed by atoms with Gasteiger partial charge in [-0.15, -0.1) is 0 Å². The maximum atomic E-state index is 5.93. The number of pyridine rings is 1. The largest absolute Gasteiger partial charge is 0.383 e. The van der Waals surface area contributed by atoms with Crippen LogP contribution in [0.25, 0.3) is 11.5 Å². The standard InChI is InChI=1S/C13H15BrN4/c1-13(2,3)10-9(14)11(15)18-12(17-10)8-6-4-5-7-16-8/h4-7H,1-3H3,(H2,15,17,18). The smallest absolute Gasteiger partial charge is 0.180 e. The van der Waals surface area contributed by atoms with Gasteiger partial charge in [0, 0.05) is 11.6 Å². The maximum absolute atomic E-state index is 5.93. The van der Waals surface area contributed by atoms with Crippen molar-refractivity contribution in [1.29, 1.82) is 0 Å². The van der Waals surface area contributed by atoms with Crippen molar-refractivity contribution in [3.63, 3.8) is 0 Å². The van der Waals surface area contributed by atoms with E-state index < -0.39 is 0 Å². The molecule has 0 unspecified atom stereocenters. The van der Waals surface area contributed by atoms with Crippen molar-refractivity contribution in [3.8, 4) is 11.5 Å². The topological polar surface area (TPSA) is 64.7 Å². The lowest BCUT2D eigenvalue weighted by Gasteiger charge is -2.20. The lowest BCUT2D eigenvalue weighted by Crippen LogP contribution is -2.17. The summed E-state index contributed by atoms with van der Waals surface area (Å²) in [5, 5.41) is 0. The lowest BCUT2D eigenvalue weighted by atomic mass is 9.92. The number of aromatic nitrogens is 3. The zero-order valence-corrected chi connectivity index (χ0v) is 12.2. The third-order valence-electron chi connectivity index (χ3n) is 2.48. The van der Waals surface area contributed by atoms with Crippen LogP contribution in [-0.2, 0) is 5.41 Å². The first-order valence-corrected chi connectivity index (χ1v) is 6.44. The third-order valence-corrected chi connectivity index (χ3v) is 3.26. The van der Waals surface area contributed by atoms with E-state index in [1.54, 1.807) is 6.20 Å². The first-order valence-electron chi connectivity index (χ1n) is 5.64. The van der Waals surface area contributed by atoms with E-state index in [0.717, 1.165) is 15.9 Å². The van der Waals surface area contributed by atoms with E-state index >= 15 is 0 Å². The summed E-state index contributed by atoms with van der Waals surface area (Å²) >= 11 is 3.45. The molecule has 0 radical (unpaired) electrons. The predicted molar refractivity (Wildman–Crippen MR) is 76.1 cm³/mol. The van der Waals surface area contributed by atoms with Crippen molar-refractivity contribution in [2.45, 2.75) is 26.2 Å². The van der Waals surface area contributed by atoms with Gasteiger partial charge in [-0.25, -0.2) is 9.97 Å². The van der Waals surface area contributed by atoms with Gasteiger partial charge in [-0.2, -0.15) is 0 Å². The number of nitrogens with zero attached hydrogens (tertiary/aromatic N) is 3. The molecule has 0 bridgehead atoms. The predicted octanol–water partition coefficient (Wildman–Crippen LogP) is 3.18. The molecule has 4 nitrogen and oxygen atoms in total. The number of rotatable bonds is 1. The van der Waals surface area contributed by atoms with Gasteiger partial charge in [0.2, 0.25) is 0 Å². The van der Waals surface area contributed by atoms with E-state index in [9.17, 15) is 0 Å². The number of nitrogen functional groups attached to an aromatic ring is 1. The highest BCUT2D eigenvalue weighted by atomic mass is 79.9. The van der Waals surface area contributed by atoms with Crippen LogP contribution < -0.4 is 5.73 Å². The molecule has 94 valence electrons. The molecule has 2 aromatic rings. The first-order chi connectivity index (χ1) is 8.39. The molecule has 2 rings (SSSR count). The molecule has 2 N–H and O–H groups in total. The summed E-state index contributed by atoms with van der Waals surface area (Å²) in [7, 11) is 0. The summed E-state index contributed by atoms with van der Waals surface area (Å²) in [4.78, 5) is 13.1. The summed E-state index contributed by atoms with van der Waals surface area (Å²) in [6.07, 6.45) is 1.72. The molecule has 0 aromatic carbocycles. The number of anilines is 1. The number of hydrogen-bond donors (Lipinski definition) is 1. The van der Waals surface area contributed by atoms with Gasteiger partial charge in [-0.1, -0.05) is 26.8 Å². The molecule has 2 heterocycles. The SMILES string of the molecule is CC(C)(C)c1nc(-c2ccccn2)nc(N)c1Br. The molecule has 0 saturated heterocycles. The van der Waals surface area contributed by atoms with Crippen molar-refractivity contribution >= 4 is 21.7 Å². The molecule has 0 amide bonds. The van der Waals surface area contributed by atoms with Gasteiger partial charge in [0.1, 0.15) is 11.5 Å². The maximum Gasteiger partial charge on any atom is 0.180 e. The Bertz CT molecular complexity index is 561. The van der Waals surface area contributed by atoms with Gasteiger partial charge in [0.05, 0.1) is 10.2 Å². The molecule has 0 saturated carbocycles. The van der Waals surface area contributed by atoms with Gasteiger partial charge in [-0.05, 0) is 28.1 Å². The second-order valence-corrected chi connectivity index (χ2v) is 5.85. The number of nitrogens with two attached hydrogens (primary N) is 1. The van der Waals surface area contributed by atoms with Crippen LogP contribution in [0.3, 0.4) is 0 Å². The molecule has 0 fully saturated rings. The summed E-state index contributed by atoms with van der Waals surface area (Å²) < 4.78 is 0.759. The molecule has 2 aromatic heterocycles. The molecule has 18 heavy (non-hydrogen) atoms. The summed E-state index contributed by atoms with van der Waals surface area (Å²) in [6.45, 7) is 6.26. The van der Waals surface area contributed by atoms with E-state index in [2.05, 4.69) is 51.7 Å². The van der Waals surface area contributed by atoms with Crippen LogP contribution in [0.15, 0.2) is 28.9 Å². The molecule has 0 aliphatic carbocycles. The first kappa shape index (κ1) is 13.0. The van der Waals surface area contributed by atoms with Gasteiger partial charge in [0.15, 0.2) is 5.82 Å². The van der Waals surface area contributed by atoms with Crippen LogP contribution in [-0.4, -0.2) is 15.0 Å². The average molecular weight is 307 g/mol. The average Bonchev–Trinajstić information content (AvgIpc) is 2.32. The minimum absolute atomic E-state index is 0.112. The lowest BCUT2D eigenvalue weighted by molar-refractivity contribution is 0.564. The monoisotopic (exact) mass is 306 g/mol. The highest BCUT2D eigenvalue weighted by molar-refractivity contribution is 9.10. The van der Waals surface area contributed by atoms with Crippen LogP contribution in [0, 0.1) is 0 Å². The van der Waals surface area contributed by atoms with Crippen molar-refractivity contribution < 1.29 is 0 Å². The highest BCUT2D eigenvalue weighted by Gasteiger charge is 2.22. The molecule has 0 spiro atoms. The van der Waals surface area contributed by atoms with Crippen molar-refractivity contribution in [2.75, 3.05) is 5.73 Å². The minimum Gasteiger partial charge on any atom is -0.383 e. The van der Waals surface area contributed by atoms with Gasteiger partial charge in [0.25, 0.3) is 0 Å².